The molecule has 2 amide bonds. The average molecular weight is 358 g/mol. The first kappa shape index (κ1) is 18.9. The SMILES string of the molecule is CCCNC(=O)C1COC2(CCC(C)CC2)N1C(=O)c1cccc(C)c1. The average Bonchev–Trinajstić information content (AvgIpc) is 3.00. The molecule has 1 aromatic carbocycles. The van der Waals surface area contributed by atoms with Crippen LogP contribution in [-0.4, -0.2) is 41.6 Å². The van der Waals surface area contributed by atoms with Crippen molar-refractivity contribution in [1.29, 1.82) is 0 Å². The molecule has 1 saturated carbocycles. The highest BCUT2D eigenvalue weighted by Crippen LogP contribution is 2.43. The van der Waals surface area contributed by atoms with E-state index in [0.29, 0.717) is 18.0 Å². The van der Waals surface area contributed by atoms with Crippen LogP contribution in [0.15, 0.2) is 24.3 Å². The molecule has 1 saturated heterocycles. The Hall–Kier alpha value is -1.88. The van der Waals surface area contributed by atoms with Crippen LogP contribution >= 0.6 is 0 Å². The van der Waals surface area contributed by atoms with Gasteiger partial charge in [0.1, 0.15) is 11.8 Å². The van der Waals surface area contributed by atoms with Gasteiger partial charge in [-0.2, -0.15) is 0 Å². The number of carbonyl (C=O) groups excluding carboxylic acids is 2. The first-order valence-electron chi connectivity index (χ1n) is 9.79. The molecule has 2 fully saturated rings. The number of rotatable bonds is 4. The van der Waals surface area contributed by atoms with E-state index in [1.807, 2.05) is 38.1 Å². The molecule has 1 aliphatic carbocycles. The lowest BCUT2D eigenvalue weighted by atomic mass is 9.83. The van der Waals surface area contributed by atoms with Gasteiger partial charge in [-0.05, 0) is 57.1 Å². The van der Waals surface area contributed by atoms with Crippen molar-refractivity contribution in [1.82, 2.24) is 10.2 Å². The summed E-state index contributed by atoms with van der Waals surface area (Å²) in [7, 11) is 0. The minimum absolute atomic E-state index is 0.0996. The smallest absolute Gasteiger partial charge is 0.256 e. The summed E-state index contributed by atoms with van der Waals surface area (Å²) < 4.78 is 6.17. The first-order chi connectivity index (χ1) is 12.5. The standard InChI is InChI=1S/C21H30N2O3/c1-4-12-22-19(24)18-14-26-21(10-8-15(2)9-11-21)23(18)20(25)17-7-5-6-16(3)13-17/h5-7,13,15,18H,4,8-12,14H2,1-3H3,(H,22,24). The van der Waals surface area contributed by atoms with Crippen LogP contribution in [0.5, 0.6) is 0 Å². The summed E-state index contributed by atoms with van der Waals surface area (Å²) >= 11 is 0. The van der Waals surface area contributed by atoms with E-state index in [4.69, 9.17) is 4.74 Å². The van der Waals surface area contributed by atoms with E-state index in [2.05, 4.69) is 12.2 Å². The van der Waals surface area contributed by atoms with Crippen molar-refractivity contribution in [2.45, 2.75) is 64.6 Å². The zero-order valence-corrected chi connectivity index (χ0v) is 16.1. The number of aryl methyl sites for hydroxylation is 1. The maximum atomic E-state index is 13.4. The largest absolute Gasteiger partial charge is 0.354 e. The molecule has 1 aromatic rings. The fourth-order valence-corrected chi connectivity index (χ4v) is 4.06. The molecule has 0 aromatic heterocycles. The normalized spacial score (nSPS) is 28.3. The molecular formula is C21H30N2O3. The van der Waals surface area contributed by atoms with Gasteiger partial charge in [-0.25, -0.2) is 0 Å². The van der Waals surface area contributed by atoms with Crippen LogP contribution in [0.4, 0.5) is 0 Å². The van der Waals surface area contributed by atoms with Crippen LogP contribution < -0.4 is 5.32 Å². The highest BCUT2D eigenvalue weighted by Gasteiger charge is 2.53. The number of ether oxygens (including phenoxy) is 1. The Bertz CT molecular complexity index is 665. The van der Waals surface area contributed by atoms with Crippen molar-refractivity contribution in [3.05, 3.63) is 35.4 Å². The lowest BCUT2D eigenvalue weighted by Crippen LogP contribution is -2.56. The van der Waals surface area contributed by atoms with Crippen LogP contribution in [-0.2, 0) is 9.53 Å². The lowest BCUT2D eigenvalue weighted by Gasteiger charge is -2.43. The van der Waals surface area contributed by atoms with Gasteiger partial charge in [0.05, 0.1) is 6.61 Å². The predicted octanol–water partition coefficient (Wildman–Crippen LogP) is 3.27. The van der Waals surface area contributed by atoms with Gasteiger partial charge in [-0.15, -0.1) is 0 Å². The summed E-state index contributed by atoms with van der Waals surface area (Å²) in [6.45, 7) is 7.12. The van der Waals surface area contributed by atoms with Crippen LogP contribution in [0.25, 0.3) is 0 Å². The summed E-state index contributed by atoms with van der Waals surface area (Å²) in [6, 6.07) is 7.03. The monoisotopic (exact) mass is 358 g/mol. The Kier molecular flexibility index (Phi) is 5.66. The number of hydrogen-bond acceptors (Lipinski definition) is 3. The maximum Gasteiger partial charge on any atom is 0.256 e. The molecular weight excluding hydrogens is 328 g/mol. The third-order valence-electron chi connectivity index (χ3n) is 5.65. The summed E-state index contributed by atoms with van der Waals surface area (Å²) in [5, 5.41) is 2.94. The van der Waals surface area contributed by atoms with E-state index in [0.717, 1.165) is 37.7 Å². The van der Waals surface area contributed by atoms with E-state index >= 15 is 0 Å². The first-order valence-corrected chi connectivity index (χ1v) is 9.79. The van der Waals surface area contributed by atoms with E-state index in [-0.39, 0.29) is 18.4 Å². The van der Waals surface area contributed by atoms with Crippen molar-refractivity contribution in [2.75, 3.05) is 13.2 Å². The molecule has 1 N–H and O–H groups in total. The summed E-state index contributed by atoms with van der Waals surface area (Å²) in [5.74, 6) is 0.425. The van der Waals surface area contributed by atoms with Gasteiger partial charge in [0.15, 0.2) is 0 Å². The van der Waals surface area contributed by atoms with Crippen molar-refractivity contribution < 1.29 is 14.3 Å². The van der Waals surface area contributed by atoms with Gasteiger partial charge in [-0.3, -0.25) is 14.5 Å². The molecule has 0 radical (unpaired) electrons. The van der Waals surface area contributed by atoms with E-state index in [1.54, 1.807) is 4.90 Å². The second kappa shape index (κ2) is 7.78. The summed E-state index contributed by atoms with van der Waals surface area (Å²) in [5.41, 5.74) is 1.03. The molecule has 5 heteroatoms. The van der Waals surface area contributed by atoms with Gasteiger partial charge in [0.2, 0.25) is 5.91 Å². The highest BCUT2D eigenvalue weighted by atomic mass is 16.5. The van der Waals surface area contributed by atoms with Crippen LogP contribution in [0.2, 0.25) is 0 Å². The molecule has 2 aliphatic rings. The Morgan fingerprint density at radius 1 is 1.31 bits per heavy atom. The van der Waals surface area contributed by atoms with Crippen molar-refractivity contribution in [3.63, 3.8) is 0 Å². The second-order valence-corrected chi connectivity index (χ2v) is 7.79. The van der Waals surface area contributed by atoms with Crippen molar-refractivity contribution >= 4 is 11.8 Å². The van der Waals surface area contributed by atoms with Crippen LogP contribution in [0, 0.1) is 12.8 Å². The zero-order chi connectivity index (χ0) is 18.7. The molecule has 1 spiro atoms. The van der Waals surface area contributed by atoms with Gasteiger partial charge < -0.3 is 10.1 Å². The van der Waals surface area contributed by atoms with Crippen molar-refractivity contribution in [2.24, 2.45) is 5.92 Å². The topological polar surface area (TPSA) is 58.6 Å². The summed E-state index contributed by atoms with van der Waals surface area (Å²) in [4.78, 5) is 27.9. The number of hydrogen-bond donors (Lipinski definition) is 1. The van der Waals surface area contributed by atoms with Gasteiger partial charge in [0.25, 0.3) is 5.91 Å². The Morgan fingerprint density at radius 3 is 2.69 bits per heavy atom. The third kappa shape index (κ3) is 3.63. The molecule has 5 nitrogen and oxygen atoms in total. The predicted molar refractivity (Wildman–Crippen MR) is 101 cm³/mol. The molecule has 1 heterocycles. The number of nitrogens with one attached hydrogen (secondary N) is 1. The second-order valence-electron chi connectivity index (χ2n) is 7.79. The summed E-state index contributed by atoms with van der Waals surface area (Å²) in [6.07, 6.45) is 4.49. The van der Waals surface area contributed by atoms with Crippen LogP contribution in [0.1, 0.15) is 61.9 Å². The number of benzene rings is 1. The quantitative estimate of drug-likeness (QED) is 0.899. The minimum Gasteiger partial charge on any atom is -0.354 e. The minimum atomic E-state index is -0.637. The number of amides is 2. The molecule has 1 atom stereocenters. The fourth-order valence-electron chi connectivity index (χ4n) is 4.06. The van der Waals surface area contributed by atoms with E-state index in [9.17, 15) is 9.59 Å². The molecule has 0 bridgehead atoms. The molecule has 1 aliphatic heterocycles. The lowest BCUT2D eigenvalue weighted by molar-refractivity contribution is -0.127. The number of nitrogens with zero attached hydrogens (tertiary/aromatic N) is 1. The highest BCUT2D eigenvalue weighted by molar-refractivity contribution is 5.98. The van der Waals surface area contributed by atoms with Gasteiger partial charge in [0, 0.05) is 12.1 Å². The third-order valence-corrected chi connectivity index (χ3v) is 5.65. The van der Waals surface area contributed by atoms with Gasteiger partial charge in [-0.1, -0.05) is 31.5 Å². The Balaban J connectivity index is 1.91. The molecule has 1 unspecified atom stereocenters. The Labute approximate surface area is 156 Å². The Morgan fingerprint density at radius 2 is 2.04 bits per heavy atom. The van der Waals surface area contributed by atoms with Gasteiger partial charge >= 0.3 is 0 Å². The van der Waals surface area contributed by atoms with E-state index in [1.165, 1.54) is 0 Å². The maximum absolute atomic E-state index is 13.4. The zero-order valence-electron chi connectivity index (χ0n) is 16.1. The van der Waals surface area contributed by atoms with E-state index < -0.39 is 11.8 Å². The molecule has 3 rings (SSSR count). The van der Waals surface area contributed by atoms with Crippen LogP contribution in [0.3, 0.4) is 0 Å². The molecule has 26 heavy (non-hydrogen) atoms. The van der Waals surface area contributed by atoms with Crippen molar-refractivity contribution in [3.8, 4) is 0 Å². The number of carbonyl (C=O) groups is 2. The fraction of sp³-hybridized carbons (Fsp3) is 0.619. The molecule has 142 valence electrons.